The molecule has 9 N–H and O–H groups in total. The average molecular weight is 1380 g/mol. The van der Waals surface area contributed by atoms with Crippen molar-refractivity contribution >= 4 is 147 Å². The van der Waals surface area contributed by atoms with E-state index in [0.717, 1.165) is 35.6 Å². The Balaban J connectivity index is 1.16. The van der Waals surface area contributed by atoms with Crippen LogP contribution in [0.15, 0.2) is 157 Å². The van der Waals surface area contributed by atoms with Crippen LogP contribution in [0.2, 0.25) is 0 Å². The van der Waals surface area contributed by atoms with E-state index in [-0.39, 0.29) is 62.8 Å². The number of phenolic OH excluding ortho intramolecular Hbond substituents is 1. The SMILES string of the molecule is COc1cc2sc(N=Nc3cc(OCCCS(=O)(=O)O)c(N=Nc4c(S(=O)(=O)O)cc5c(S(=O)(=O)O)c(N=Nc6c(-c7ccccc7)nn(-c7cc(S(=O)(=O)O)c8cc(S(=O)(=O)O)cc(S(=O)(=O)O)c8c7)c6O)ccc5c4O)cc3C)nc2cc1S(=O)(=O)O. The number of methoxy groups -OCH3 is 1. The molecule has 0 fully saturated rings. The number of ether oxygens (including phenoxy) is 2. The molecule has 0 radical (unpaired) electrons. The van der Waals surface area contributed by atoms with Gasteiger partial charge in [0.1, 0.15) is 58.7 Å². The maximum Gasteiger partial charge on any atom is 0.298 e. The van der Waals surface area contributed by atoms with E-state index in [9.17, 15) is 101 Å². The normalized spacial score (nSPS) is 13.3. The Bertz CT molecular complexity index is 5430. The molecule has 89 heavy (non-hydrogen) atoms. The van der Waals surface area contributed by atoms with E-state index in [1.807, 2.05) is 0 Å². The van der Waals surface area contributed by atoms with E-state index in [1.165, 1.54) is 62.6 Å². The molecule has 0 bridgehead atoms. The second kappa shape index (κ2) is 23.5. The van der Waals surface area contributed by atoms with Crippen LogP contribution in [-0.4, -0.2) is 135 Å². The maximum absolute atomic E-state index is 13.3. The van der Waals surface area contributed by atoms with E-state index in [2.05, 4.69) is 40.8 Å². The quantitative estimate of drug-likeness (QED) is 0.0196. The molecular formula is C47H37N9O25S8. The first-order chi connectivity index (χ1) is 41.2. The third-order valence-corrected chi connectivity index (χ3v) is 19.4. The Morgan fingerprint density at radius 3 is 1.75 bits per heavy atom. The van der Waals surface area contributed by atoms with Crippen molar-refractivity contribution in [2.24, 2.45) is 30.7 Å². The van der Waals surface area contributed by atoms with Gasteiger partial charge in [0.2, 0.25) is 11.0 Å². The van der Waals surface area contributed by atoms with Gasteiger partial charge in [-0.15, -0.1) is 30.7 Å². The molecule has 0 aliphatic rings. The largest absolute Gasteiger partial charge is 0.505 e. The van der Waals surface area contributed by atoms with Gasteiger partial charge in [0.25, 0.3) is 70.8 Å². The molecule has 2 heterocycles. The van der Waals surface area contributed by atoms with E-state index in [4.69, 9.17) is 9.47 Å². The number of azo groups is 3. The Labute approximate surface area is 505 Å². The minimum atomic E-state index is -5.67. The van der Waals surface area contributed by atoms with Gasteiger partial charge in [0.05, 0.1) is 46.0 Å². The number of fused-ring (bicyclic) bond motifs is 3. The van der Waals surface area contributed by atoms with Gasteiger partial charge < -0.3 is 19.7 Å². The zero-order valence-electron chi connectivity index (χ0n) is 44.2. The van der Waals surface area contributed by atoms with Crippen LogP contribution in [0.25, 0.3) is 48.7 Å². The van der Waals surface area contributed by atoms with Crippen molar-refractivity contribution < 1.29 is 110 Å². The zero-order valence-corrected chi connectivity index (χ0v) is 50.7. The Morgan fingerprint density at radius 2 is 1.15 bits per heavy atom. The highest BCUT2D eigenvalue weighted by molar-refractivity contribution is 7.88. The molecular weight excluding hydrogens is 1350 g/mol. The second-order valence-electron chi connectivity index (χ2n) is 18.4. The molecule has 0 unspecified atom stereocenters. The summed E-state index contributed by atoms with van der Waals surface area (Å²) in [5.74, 6) is -3.63. The van der Waals surface area contributed by atoms with Crippen molar-refractivity contribution in [3.05, 3.63) is 103 Å². The molecule has 468 valence electrons. The summed E-state index contributed by atoms with van der Waals surface area (Å²) in [7, 11) is -35.8. The maximum atomic E-state index is 13.3. The van der Waals surface area contributed by atoms with Crippen LogP contribution in [-0.2, 0) is 70.8 Å². The molecule has 0 spiro atoms. The first-order valence-corrected chi connectivity index (χ1v) is 34.9. The first-order valence-electron chi connectivity index (χ1n) is 23.9. The van der Waals surface area contributed by atoms with Gasteiger partial charge in [0.15, 0.2) is 11.4 Å². The van der Waals surface area contributed by atoms with Gasteiger partial charge in [0, 0.05) is 39.2 Å². The molecule has 9 rings (SSSR count). The number of hydrogen-bond donors (Lipinski definition) is 9. The number of aromatic nitrogens is 3. The molecule has 0 aliphatic carbocycles. The smallest absolute Gasteiger partial charge is 0.298 e. The van der Waals surface area contributed by atoms with Gasteiger partial charge in [-0.1, -0.05) is 41.7 Å². The van der Waals surface area contributed by atoms with Gasteiger partial charge in [-0.3, -0.25) is 31.9 Å². The minimum Gasteiger partial charge on any atom is -0.505 e. The van der Waals surface area contributed by atoms with E-state index in [1.54, 1.807) is 0 Å². The Hall–Kier alpha value is -8.47. The second-order valence-corrected chi connectivity index (χ2v) is 29.3. The fourth-order valence-corrected chi connectivity index (χ4v) is 14.0. The van der Waals surface area contributed by atoms with Crippen molar-refractivity contribution in [1.82, 2.24) is 14.8 Å². The van der Waals surface area contributed by atoms with Crippen molar-refractivity contribution in [3.63, 3.8) is 0 Å². The highest BCUT2D eigenvalue weighted by atomic mass is 32.2. The molecule has 42 heteroatoms. The number of thiazole rings is 1. The predicted molar refractivity (Wildman–Crippen MR) is 309 cm³/mol. The fourth-order valence-electron chi connectivity index (χ4n) is 8.56. The van der Waals surface area contributed by atoms with Gasteiger partial charge in [-0.25, -0.2) is 4.98 Å². The zero-order chi connectivity index (χ0) is 65.3. The van der Waals surface area contributed by atoms with Crippen molar-refractivity contribution in [3.8, 4) is 40.1 Å². The standard InChI is InChI=1S/C47H37N9O25S8/c1-22-13-32(34(81-11-6-12-83(59,60)61)19-31(22)50-54-47-48-33-20-39(87(71,72)73)35(80-2)21-36(33)82-47)51-52-42-40(88(74,75)76)18-29-26(44(42)57)9-10-30(45(29)89(77,78)79)49-53-43-41(23-7-4-3-5-8-23)55-56(46(43)58)24-14-27-28(37(15-24)85(65,66)67)16-25(84(62,63)64)17-38(27)86(68,69)70/h3-5,7-10,13-21,57-58H,6,11-12H2,1-2H3,(H,59,60,61)(H,62,63,64)(H,65,66,67)(H,68,69,70)(H,71,72,73)(H,74,75,76)(H,77,78,79). The number of phenols is 1. The monoisotopic (exact) mass is 1380 g/mol. The Kier molecular flexibility index (Phi) is 17.1. The molecule has 2 aromatic heterocycles. The molecule has 0 saturated carbocycles. The minimum absolute atomic E-state index is 0.0135. The summed E-state index contributed by atoms with van der Waals surface area (Å²) in [6.45, 7) is 1.01. The third-order valence-electron chi connectivity index (χ3n) is 12.4. The number of aryl methyl sites for hydroxylation is 1. The van der Waals surface area contributed by atoms with E-state index >= 15 is 0 Å². The number of nitrogens with zero attached hydrogens (tertiary/aromatic N) is 9. The van der Waals surface area contributed by atoms with Crippen LogP contribution in [0.4, 0.5) is 33.6 Å². The topological polar surface area (TPSA) is 544 Å². The number of rotatable bonds is 20. The molecule has 0 aliphatic heterocycles. The average Bonchev–Trinajstić information content (AvgIpc) is 1.29. The van der Waals surface area contributed by atoms with Gasteiger partial charge >= 0.3 is 0 Å². The first kappa shape index (κ1) is 65.0. The summed E-state index contributed by atoms with van der Waals surface area (Å²) >= 11 is 0.924. The van der Waals surface area contributed by atoms with Gasteiger partial charge in [-0.2, -0.15) is 68.7 Å². The van der Waals surface area contributed by atoms with E-state index in [0.29, 0.717) is 27.6 Å². The van der Waals surface area contributed by atoms with Crippen molar-refractivity contribution in [2.45, 2.75) is 42.7 Å². The van der Waals surface area contributed by atoms with Crippen LogP contribution in [0.5, 0.6) is 23.1 Å². The molecule has 7 aromatic carbocycles. The summed E-state index contributed by atoms with van der Waals surface area (Å²) in [5, 5.41) is 48.4. The lowest BCUT2D eigenvalue weighted by Gasteiger charge is -2.13. The lowest BCUT2D eigenvalue weighted by molar-refractivity contribution is 0.317. The summed E-state index contributed by atoms with van der Waals surface area (Å²) in [4.78, 5) is -2.89. The highest BCUT2D eigenvalue weighted by Gasteiger charge is 2.31. The summed E-state index contributed by atoms with van der Waals surface area (Å²) in [6, 6.07) is 16.0. The lowest BCUT2D eigenvalue weighted by atomic mass is 10.1. The van der Waals surface area contributed by atoms with Crippen molar-refractivity contribution in [2.75, 3.05) is 19.5 Å². The predicted octanol–water partition coefficient (Wildman–Crippen LogP) is 8.57. The van der Waals surface area contributed by atoms with E-state index < -0.39 is 168 Å². The number of benzene rings is 7. The van der Waals surface area contributed by atoms with Gasteiger partial charge in [-0.05, 0) is 73.5 Å². The van der Waals surface area contributed by atoms with Crippen molar-refractivity contribution in [1.29, 1.82) is 0 Å². The molecule has 34 nitrogen and oxygen atoms in total. The summed E-state index contributed by atoms with van der Waals surface area (Å²) in [5.41, 5.74) is -3.70. The van der Waals surface area contributed by atoms with Crippen LogP contribution < -0.4 is 9.47 Å². The Morgan fingerprint density at radius 1 is 0.539 bits per heavy atom. The molecule has 9 aromatic rings. The van der Waals surface area contributed by atoms with Crippen LogP contribution in [0.1, 0.15) is 12.0 Å². The fraction of sp³-hybridized carbons (Fsp3) is 0.106. The molecule has 0 atom stereocenters. The molecule has 0 saturated heterocycles. The van der Waals surface area contributed by atoms with Crippen LogP contribution in [0, 0.1) is 6.92 Å². The number of hydrogen-bond acceptors (Lipinski definition) is 27. The molecule has 0 amide bonds. The summed E-state index contributed by atoms with van der Waals surface area (Å²) in [6.07, 6.45) is -0.323. The number of aromatic hydroxyl groups is 2. The van der Waals surface area contributed by atoms with Crippen LogP contribution in [0.3, 0.4) is 0 Å². The lowest BCUT2D eigenvalue weighted by Crippen LogP contribution is -2.08. The van der Waals surface area contributed by atoms with Crippen LogP contribution >= 0.6 is 11.3 Å². The third kappa shape index (κ3) is 13.9. The highest BCUT2D eigenvalue weighted by Crippen LogP contribution is 2.48. The summed E-state index contributed by atoms with van der Waals surface area (Å²) < 4.78 is 257.